The number of rotatable bonds is 11. The lowest BCUT2D eigenvalue weighted by Crippen LogP contribution is -2.41. The second-order valence-electron chi connectivity index (χ2n) is 7.64. The molecule has 3 rings (SSSR count). The van der Waals surface area contributed by atoms with Crippen molar-refractivity contribution in [3.8, 4) is 0 Å². The largest absolute Gasteiger partial charge is 0.354 e. The Labute approximate surface area is 215 Å². The number of hydrogen-bond acceptors (Lipinski definition) is 4. The molecular formula is C25H26Cl2N2O3S2. The maximum Gasteiger partial charge on any atom is 0.264 e. The highest BCUT2D eigenvalue weighted by molar-refractivity contribution is 7.98. The van der Waals surface area contributed by atoms with Crippen molar-refractivity contribution in [2.75, 3.05) is 23.1 Å². The van der Waals surface area contributed by atoms with Crippen molar-refractivity contribution in [3.05, 3.63) is 94.0 Å². The molecular weight excluding hydrogens is 511 g/mol. The molecule has 0 fully saturated rings. The third kappa shape index (κ3) is 7.40. The Bertz CT molecular complexity index is 1200. The summed E-state index contributed by atoms with van der Waals surface area (Å²) in [6.45, 7) is 1.95. The molecule has 9 heteroatoms. The average Bonchev–Trinajstić information content (AvgIpc) is 2.83. The fourth-order valence-electron chi connectivity index (χ4n) is 3.13. The number of aryl methyl sites for hydroxylation is 1. The van der Waals surface area contributed by atoms with Crippen molar-refractivity contribution < 1.29 is 13.2 Å². The lowest BCUT2D eigenvalue weighted by atomic mass is 10.2. The summed E-state index contributed by atoms with van der Waals surface area (Å²) in [7, 11) is -3.95. The lowest BCUT2D eigenvalue weighted by molar-refractivity contribution is -0.119. The van der Waals surface area contributed by atoms with E-state index in [4.69, 9.17) is 23.2 Å². The molecule has 0 saturated heterocycles. The van der Waals surface area contributed by atoms with Gasteiger partial charge in [-0.1, -0.05) is 59.6 Å². The summed E-state index contributed by atoms with van der Waals surface area (Å²) in [6.07, 6.45) is 0.770. The summed E-state index contributed by atoms with van der Waals surface area (Å²) >= 11 is 13.9. The number of nitrogens with zero attached hydrogens (tertiary/aromatic N) is 1. The van der Waals surface area contributed by atoms with E-state index < -0.39 is 10.0 Å². The van der Waals surface area contributed by atoms with Crippen LogP contribution in [-0.4, -0.2) is 33.2 Å². The Kier molecular flexibility index (Phi) is 9.71. The first-order chi connectivity index (χ1) is 16.3. The molecule has 0 radical (unpaired) electrons. The average molecular weight is 538 g/mol. The van der Waals surface area contributed by atoms with Gasteiger partial charge >= 0.3 is 0 Å². The summed E-state index contributed by atoms with van der Waals surface area (Å²) in [4.78, 5) is 12.8. The number of anilines is 1. The van der Waals surface area contributed by atoms with Crippen molar-refractivity contribution in [1.29, 1.82) is 0 Å². The minimum absolute atomic E-state index is 0.109. The normalized spacial score (nSPS) is 11.3. The van der Waals surface area contributed by atoms with E-state index in [0.29, 0.717) is 22.3 Å². The van der Waals surface area contributed by atoms with E-state index in [1.165, 1.54) is 17.7 Å². The highest BCUT2D eigenvalue weighted by atomic mass is 35.5. The van der Waals surface area contributed by atoms with Crippen LogP contribution in [0.1, 0.15) is 17.5 Å². The first kappa shape index (κ1) is 26.4. The molecule has 3 aromatic carbocycles. The number of carbonyl (C=O) groups excluding carboxylic acids is 1. The van der Waals surface area contributed by atoms with Crippen molar-refractivity contribution in [2.24, 2.45) is 0 Å². The topological polar surface area (TPSA) is 66.5 Å². The minimum atomic E-state index is -3.95. The molecule has 0 aliphatic rings. The lowest BCUT2D eigenvalue weighted by Gasteiger charge is -2.24. The molecule has 1 N–H and O–H groups in total. The number of carbonyl (C=O) groups is 1. The van der Waals surface area contributed by atoms with Gasteiger partial charge in [0, 0.05) is 22.3 Å². The SMILES string of the molecule is Cc1ccc(N(CC(=O)NCCCSCc2ccc(Cl)cc2)S(=O)(=O)c2ccccc2)cc1Cl. The van der Waals surface area contributed by atoms with Crippen LogP contribution in [0.15, 0.2) is 77.7 Å². The molecule has 0 saturated carbocycles. The van der Waals surface area contributed by atoms with Gasteiger partial charge in [-0.05, 0) is 66.6 Å². The van der Waals surface area contributed by atoms with Crippen LogP contribution in [0, 0.1) is 6.92 Å². The highest BCUT2D eigenvalue weighted by Gasteiger charge is 2.27. The second kappa shape index (κ2) is 12.5. The molecule has 5 nitrogen and oxygen atoms in total. The number of amides is 1. The first-order valence-corrected chi connectivity index (χ1v) is 14.1. The van der Waals surface area contributed by atoms with Gasteiger partial charge in [-0.3, -0.25) is 9.10 Å². The van der Waals surface area contributed by atoms with Crippen LogP contribution < -0.4 is 9.62 Å². The van der Waals surface area contributed by atoms with E-state index in [2.05, 4.69) is 5.32 Å². The number of thioether (sulfide) groups is 1. The van der Waals surface area contributed by atoms with Gasteiger partial charge in [-0.25, -0.2) is 8.42 Å². The zero-order valence-electron chi connectivity index (χ0n) is 18.7. The number of sulfonamides is 1. The summed E-state index contributed by atoms with van der Waals surface area (Å²) in [5.74, 6) is 1.35. The van der Waals surface area contributed by atoms with E-state index in [1.54, 1.807) is 48.2 Å². The molecule has 0 heterocycles. The van der Waals surface area contributed by atoms with E-state index in [9.17, 15) is 13.2 Å². The number of halogens is 2. The Hall–Kier alpha value is -2.19. The minimum Gasteiger partial charge on any atom is -0.354 e. The molecule has 0 spiro atoms. The molecule has 34 heavy (non-hydrogen) atoms. The Balaban J connectivity index is 1.59. The smallest absolute Gasteiger partial charge is 0.264 e. The third-order valence-electron chi connectivity index (χ3n) is 5.03. The molecule has 0 aliphatic heterocycles. The fraction of sp³-hybridized carbons (Fsp3) is 0.240. The molecule has 180 valence electrons. The zero-order valence-corrected chi connectivity index (χ0v) is 21.9. The van der Waals surface area contributed by atoms with Crippen LogP contribution in [0.4, 0.5) is 5.69 Å². The number of hydrogen-bond donors (Lipinski definition) is 1. The van der Waals surface area contributed by atoms with Gasteiger partial charge in [0.15, 0.2) is 0 Å². The second-order valence-corrected chi connectivity index (χ2v) is 11.5. The van der Waals surface area contributed by atoms with Crippen molar-refractivity contribution in [2.45, 2.75) is 24.0 Å². The van der Waals surface area contributed by atoms with Gasteiger partial charge < -0.3 is 5.32 Å². The maximum absolute atomic E-state index is 13.3. The fourth-order valence-corrected chi connectivity index (χ4v) is 5.79. The van der Waals surface area contributed by atoms with Gasteiger partial charge in [0.1, 0.15) is 6.54 Å². The van der Waals surface area contributed by atoms with Crippen molar-refractivity contribution >= 4 is 56.6 Å². The maximum atomic E-state index is 13.3. The van der Waals surface area contributed by atoms with Gasteiger partial charge in [0.05, 0.1) is 10.6 Å². The van der Waals surface area contributed by atoms with Gasteiger partial charge in [-0.15, -0.1) is 0 Å². The van der Waals surface area contributed by atoms with E-state index in [0.717, 1.165) is 27.8 Å². The zero-order chi connectivity index (χ0) is 24.6. The highest BCUT2D eigenvalue weighted by Crippen LogP contribution is 2.28. The quantitative estimate of drug-likeness (QED) is 0.308. The molecule has 0 unspecified atom stereocenters. The molecule has 3 aromatic rings. The molecule has 1 amide bonds. The van der Waals surface area contributed by atoms with E-state index in [1.807, 2.05) is 31.2 Å². The van der Waals surface area contributed by atoms with Crippen molar-refractivity contribution in [3.63, 3.8) is 0 Å². The predicted molar refractivity (Wildman–Crippen MR) is 142 cm³/mol. The number of benzene rings is 3. The van der Waals surface area contributed by atoms with Crippen molar-refractivity contribution in [1.82, 2.24) is 5.32 Å². The van der Waals surface area contributed by atoms with E-state index >= 15 is 0 Å². The van der Waals surface area contributed by atoms with Gasteiger partial charge in [0.25, 0.3) is 10.0 Å². The predicted octanol–water partition coefficient (Wildman–Crippen LogP) is 5.94. The Morgan fingerprint density at radius 2 is 1.71 bits per heavy atom. The van der Waals surface area contributed by atoms with Gasteiger partial charge in [0.2, 0.25) is 5.91 Å². The van der Waals surface area contributed by atoms with Gasteiger partial charge in [-0.2, -0.15) is 11.8 Å². The van der Waals surface area contributed by atoms with Crippen LogP contribution in [-0.2, 0) is 20.6 Å². The monoisotopic (exact) mass is 536 g/mol. The molecule has 0 bridgehead atoms. The Morgan fingerprint density at radius 1 is 1.00 bits per heavy atom. The molecule has 0 atom stereocenters. The van der Waals surface area contributed by atoms with Crippen LogP contribution >= 0.6 is 35.0 Å². The summed E-state index contributed by atoms with van der Waals surface area (Å²) in [6, 6.07) is 20.7. The summed E-state index contributed by atoms with van der Waals surface area (Å²) < 4.78 is 27.7. The van der Waals surface area contributed by atoms with Crippen LogP contribution in [0.5, 0.6) is 0 Å². The van der Waals surface area contributed by atoms with Crippen LogP contribution in [0.2, 0.25) is 10.0 Å². The summed E-state index contributed by atoms with van der Waals surface area (Å²) in [5.41, 5.74) is 2.35. The first-order valence-electron chi connectivity index (χ1n) is 10.7. The van der Waals surface area contributed by atoms with Crippen LogP contribution in [0.3, 0.4) is 0 Å². The molecule has 0 aromatic heterocycles. The third-order valence-corrected chi connectivity index (χ3v) is 8.59. The Morgan fingerprint density at radius 3 is 2.38 bits per heavy atom. The standard InChI is InChI=1S/C25H26Cl2N2O3S2/c1-19-8-13-22(16-24(19)27)29(34(31,32)23-6-3-2-4-7-23)17-25(30)28-14-5-15-33-18-20-9-11-21(26)12-10-20/h2-4,6-13,16H,5,14-15,17-18H2,1H3,(H,28,30). The number of nitrogens with one attached hydrogen (secondary N) is 1. The van der Waals surface area contributed by atoms with E-state index in [-0.39, 0.29) is 17.3 Å². The molecule has 0 aliphatic carbocycles. The van der Waals surface area contributed by atoms with Crippen LogP contribution in [0.25, 0.3) is 0 Å². The summed E-state index contributed by atoms with van der Waals surface area (Å²) in [5, 5.41) is 3.98.